The second-order valence-electron chi connectivity index (χ2n) is 3.00. The van der Waals surface area contributed by atoms with Crippen LogP contribution in [-0.4, -0.2) is 9.51 Å². The number of pyridine rings is 1. The first kappa shape index (κ1) is 8.60. The summed E-state index contributed by atoms with van der Waals surface area (Å²) < 4.78 is 1.91. The number of nitrogens with zero attached hydrogens (tertiary/aromatic N) is 1. The summed E-state index contributed by atoms with van der Waals surface area (Å²) in [6, 6.07) is 5.79. The summed E-state index contributed by atoms with van der Waals surface area (Å²) in [5.74, 6) is 0. The third-order valence-electron chi connectivity index (χ3n) is 2.29. The maximum atomic E-state index is 9.15. The number of aliphatic hydroxyl groups excluding tert-OH is 1. The molecule has 0 aliphatic rings. The van der Waals surface area contributed by atoms with Crippen LogP contribution in [0.25, 0.3) is 5.52 Å². The van der Waals surface area contributed by atoms with Crippen LogP contribution < -0.4 is 0 Å². The van der Waals surface area contributed by atoms with Crippen molar-refractivity contribution in [2.45, 2.75) is 13.5 Å². The van der Waals surface area contributed by atoms with E-state index in [-0.39, 0.29) is 6.61 Å². The number of hydrogen-bond acceptors (Lipinski definition) is 1. The highest BCUT2D eigenvalue weighted by atomic mass is 35.5. The smallest absolute Gasteiger partial charge is 0.0839 e. The van der Waals surface area contributed by atoms with E-state index in [2.05, 4.69) is 0 Å². The van der Waals surface area contributed by atoms with Gasteiger partial charge >= 0.3 is 0 Å². The van der Waals surface area contributed by atoms with Gasteiger partial charge in [0.25, 0.3) is 0 Å². The predicted molar refractivity (Wildman–Crippen MR) is 53.1 cm³/mol. The highest BCUT2D eigenvalue weighted by molar-refractivity contribution is 6.34. The minimum Gasteiger partial charge on any atom is -0.390 e. The van der Waals surface area contributed by atoms with Gasteiger partial charge in [0, 0.05) is 6.20 Å². The van der Waals surface area contributed by atoms with Crippen molar-refractivity contribution in [1.82, 2.24) is 4.40 Å². The summed E-state index contributed by atoms with van der Waals surface area (Å²) in [5.41, 5.74) is 2.77. The molecule has 0 unspecified atom stereocenters. The summed E-state index contributed by atoms with van der Waals surface area (Å²) in [6.07, 6.45) is 1.90. The number of rotatable bonds is 1. The van der Waals surface area contributed by atoms with Crippen LogP contribution in [0.15, 0.2) is 24.4 Å². The molecule has 0 aromatic carbocycles. The highest BCUT2D eigenvalue weighted by Crippen LogP contribution is 2.27. The van der Waals surface area contributed by atoms with E-state index in [4.69, 9.17) is 16.7 Å². The standard InChI is InChI=1S/C10H10ClNO/c1-7-9(6-13)12-5-3-2-4-8(12)10(7)11/h2-5,13H,6H2,1H3. The molecule has 68 valence electrons. The van der Waals surface area contributed by atoms with Crippen LogP contribution in [0.1, 0.15) is 11.3 Å². The molecule has 0 radical (unpaired) electrons. The van der Waals surface area contributed by atoms with Gasteiger partial charge in [0.2, 0.25) is 0 Å². The van der Waals surface area contributed by atoms with E-state index < -0.39 is 0 Å². The lowest BCUT2D eigenvalue weighted by atomic mass is 10.3. The van der Waals surface area contributed by atoms with E-state index in [0.717, 1.165) is 21.8 Å². The van der Waals surface area contributed by atoms with Gasteiger partial charge in [-0.1, -0.05) is 17.7 Å². The van der Waals surface area contributed by atoms with Crippen molar-refractivity contribution in [3.8, 4) is 0 Å². The lowest BCUT2D eigenvalue weighted by Crippen LogP contribution is -1.92. The quantitative estimate of drug-likeness (QED) is 0.743. The van der Waals surface area contributed by atoms with Crippen molar-refractivity contribution in [3.63, 3.8) is 0 Å². The van der Waals surface area contributed by atoms with E-state index in [1.54, 1.807) is 0 Å². The molecule has 0 amide bonds. The van der Waals surface area contributed by atoms with Gasteiger partial charge in [0.15, 0.2) is 0 Å². The fraction of sp³-hybridized carbons (Fsp3) is 0.200. The molecule has 0 bridgehead atoms. The van der Waals surface area contributed by atoms with Gasteiger partial charge in [-0.15, -0.1) is 0 Å². The molecule has 2 aromatic heterocycles. The lowest BCUT2D eigenvalue weighted by Gasteiger charge is -1.98. The predicted octanol–water partition coefficient (Wildman–Crippen LogP) is 2.39. The lowest BCUT2D eigenvalue weighted by molar-refractivity contribution is 0.275. The normalized spacial score (nSPS) is 11.0. The van der Waals surface area contributed by atoms with Crippen LogP contribution in [-0.2, 0) is 6.61 Å². The van der Waals surface area contributed by atoms with Crippen molar-refractivity contribution in [1.29, 1.82) is 0 Å². The molecule has 0 fully saturated rings. The molecule has 2 heterocycles. The number of aromatic nitrogens is 1. The molecule has 0 aliphatic carbocycles. The Morgan fingerprint density at radius 1 is 1.46 bits per heavy atom. The van der Waals surface area contributed by atoms with E-state index in [0.29, 0.717) is 0 Å². The molecule has 0 saturated heterocycles. The largest absolute Gasteiger partial charge is 0.390 e. The van der Waals surface area contributed by atoms with Crippen LogP contribution in [0.2, 0.25) is 5.02 Å². The highest BCUT2D eigenvalue weighted by Gasteiger charge is 2.10. The summed E-state index contributed by atoms with van der Waals surface area (Å²) in [5, 5.41) is 9.88. The van der Waals surface area contributed by atoms with Crippen molar-refractivity contribution in [3.05, 3.63) is 40.7 Å². The van der Waals surface area contributed by atoms with Gasteiger partial charge in [0.1, 0.15) is 0 Å². The average Bonchev–Trinajstić information content (AvgIpc) is 2.41. The molecule has 0 saturated carbocycles. The SMILES string of the molecule is Cc1c(Cl)c2ccccn2c1CO. The molecule has 0 aliphatic heterocycles. The van der Waals surface area contributed by atoms with Crippen molar-refractivity contribution in [2.75, 3.05) is 0 Å². The van der Waals surface area contributed by atoms with Crippen molar-refractivity contribution in [2.24, 2.45) is 0 Å². The summed E-state index contributed by atoms with van der Waals surface area (Å²) >= 11 is 6.09. The molecule has 1 N–H and O–H groups in total. The minimum absolute atomic E-state index is 0.0176. The molecule has 2 aromatic rings. The third kappa shape index (κ3) is 1.14. The molecule has 2 nitrogen and oxygen atoms in total. The first-order valence-electron chi connectivity index (χ1n) is 4.10. The van der Waals surface area contributed by atoms with E-state index >= 15 is 0 Å². The summed E-state index contributed by atoms with van der Waals surface area (Å²) in [6.45, 7) is 1.94. The Balaban J connectivity index is 2.90. The summed E-state index contributed by atoms with van der Waals surface area (Å²) in [7, 11) is 0. The number of halogens is 1. The van der Waals surface area contributed by atoms with E-state index in [1.807, 2.05) is 35.7 Å². The maximum Gasteiger partial charge on any atom is 0.0839 e. The number of hydrogen-bond donors (Lipinski definition) is 1. The molecule has 2 rings (SSSR count). The molecule has 3 heteroatoms. The monoisotopic (exact) mass is 195 g/mol. The van der Waals surface area contributed by atoms with Crippen LogP contribution >= 0.6 is 11.6 Å². The topological polar surface area (TPSA) is 24.6 Å². The Kier molecular flexibility index (Phi) is 2.02. The average molecular weight is 196 g/mol. The summed E-state index contributed by atoms with van der Waals surface area (Å²) in [4.78, 5) is 0. The van der Waals surface area contributed by atoms with Gasteiger partial charge in [-0.2, -0.15) is 0 Å². The zero-order valence-corrected chi connectivity index (χ0v) is 8.04. The van der Waals surface area contributed by atoms with Crippen LogP contribution in [0, 0.1) is 6.92 Å². The molecular weight excluding hydrogens is 186 g/mol. The maximum absolute atomic E-state index is 9.15. The van der Waals surface area contributed by atoms with Crippen molar-refractivity contribution >= 4 is 17.1 Å². The Morgan fingerprint density at radius 3 is 2.92 bits per heavy atom. The Bertz CT molecular complexity index is 447. The first-order chi connectivity index (χ1) is 6.25. The second-order valence-corrected chi connectivity index (χ2v) is 3.38. The van der Waals surface area contributed by atoms with Crippen LogP contribution in [0.5, 0.6) is 0 Å². The minimum atomic E-state index is 0.0176. The molecule has 0 atom stereocenters. The Morgan fingerprint density at radius 2 is 2.23 bits per heavy atom. The molecular formula is C10H10ClNO. The fourth-order valence-corrected chi connectivity index (χ4v) is 1.81. The van der Waals surface area contributed by atoms with E-state index in [9.17, 15) is 0 Å². The van der Waals surface area contributed by atoms with Gasteiger partial charge in [-0.05, 0) is 24.6 Å². The van der Waals surface area contributed by atoms with Gasteiger partial charge in [-0.3, -0.25) is 0 Å². The van der Waals surface area contributed by atoms with Gasteiger partial charge < -0.3 is 9.51 Å². The second kappa shape index (κ2) is 3.05. The van der Waals surface area contributed by atoms with E-state index in [1.165, 1.54) is 0 Å². The Labute approximate surface area is 81.4 Å². The number of aliphatic hydroxyl groups is 1. The Hall–Kier alpha value is -0.990. The van der Waals surface area contributed by atoms with Crippen LogP contribution in [0.3, 0.4) is 0 Å². The molecule has 13 heavy (non-hydrogen) atoms. The third-order valence-corrected chi connectivity index (χ3v) is 2.76. The van der Waals surface area contributed by atoms with Crippen molar-refractivity contribution < 1.29 is 5.11 Å². The fourth-order valence-electron chi connectivity index (χ4n) is 1.55. The zero-order chi connectivity index (χ0) is 9.42. The first-order valence-corrected chi connectivity index (χ1v) is 4.48. The number of fused-ring (bicyclic) bond motifs is 1. The zero-order valence-electron chi connectivity index (χ0n) is 7.29. The molecule has 0 spiro atoms. The van der Waals surface area contributed by atoms with Gasteiger partial charge in [0.05, 0.1) is 22.8 Å². The van der Waals surface area contributed by atoms with Crippen LogP contribution in [0.4, 0.5) is 0 Å². The van der Waals surface area contributed by atoms with Gasteiger partial charge in [-0.25, -0.2) is 0 Å².